The van der Waals surface area contributed by atoms with Crippen molar-refractivity contribution in [2.45, 2.75) is 44.9 Å². The maximum Gasteiger partial charge on any atom is 0.0476 e. The summed E-state index contributed by atoms with van der Waals surface area (Å²) in [5, 5.41) is 0. The third-order valence-corrected chi connectivity index (χ3v) is 3.41. The number of thioether (sulfide) groups is 1. The van der Waals surface area contributed by atoms with Gasteiger partial charge < -0.3 is 0 Å². The molecule has 1 rings (SSSR count). The minimum Gasteiger partial charge on any atom is -0.297 e. The summed E-state index contributed by atoms with van der Waals surface area (Å²) in [6.45, 7) is 1.03. The smallest absolute Gasteiger partial charge is 0.0476 e. The quantitative estimate of drug-likeness (QED) is 0.581. The van der Waals surface area contributed by atoms with Gasteiger partial charge in [0, 0.05) is 12.3 Å². The molecule has 0 spiro atoms. The predicted octanol–water partition coefficient (Wildman–Crippen LogP) is 3.53. The van der Waals surface area contributed by atoms with Gasteiger partial charge in [0.05, 0.1) is 0 Å². The van der Waals surface area contributed by atoms with Crippen LogP contribution in [0.3, 0.4) is 0 Å². The highest BCUT2D eigenvalue weighted by molar-refractivity contribution is 7.99. The average molecular weight is 199 g/mol. The molecule has 1 aliphatic heterocycles. The van der Waals surface area contributed by atoms with Gasteiger partial charge in [0.1, 0.15) is 0 Å². The van der Waals surface area contributed by atoms with Gasteiger partial charge in [-0.15, -0.1) is 0 Å². The van der Waals surface area contributed by atoms with Crippen LogP contribution in [-0.4, -0.2) is 24.3 Å². The van der Waals surface area contributed by atoms with Crippen molar-refractivity contribution >= 4 is 18.0 Å². The van der Waals surface area contributed by atoms with Crippen LogP contribution >= 0.6 is 11.8 Å². The van der Waals surface area contributed by atoms with Crippen molar-refractivity contribution in [2.24, 2.45) is 4.99 Å². The van der Waals surface area contributed by atoms with Crippen LogP contribution in [0.15, 0.2) is 4.99 Å². The van der Waals surface area contributed by atoms with E-state index in [0.717, 1.165) is 6.54 Å². The Hall–Kier alpha value is 0.0200. The van der Waals surface area contributed by atoms with E-state index in [4.69, 9.17) is 0 Å². The lowest BCUT2D eigenvalue weighted by molar-refractivity contribution is 0.619. The van der Waals surface area contributed by atoms with Gasteiger partial charge in [-0.1, -0.05) is 25.7 Å². The summed E-state index contributed by atoms with van der Waals surface area (Å²) < 4.78 is 0. The molecule has 13 heavy (non-hydrogen) atoms. The number of nitrogens with zero attached hydrogens (tertiary/aromatic N) is 1. The van der Waals surface area contributed by atoms with Crippen LogP contribution < -0.4 is 0 Å². The Morgan fingerprint density at radius 3 is 2.54 bits per heavy atom. The van der Waals surface area contributed by atoms with Crippen molar-refractivity contribution in [1.29, 1.82) is 0 Å². The van der Waals surface area contributed by atoms with Gasteiger partial charge in [-0.2, -0.15) is 11.8 Å². The first-order valence-electron chi connectivity index (χ1n) is 5.56. The number of rotatable bonds is 0. The second kappa shape index (κ2) is 8.61. The van der Waals surface area contributed by atoms with Crippen LogP contribution in [0, 0.1) is 0 Å². The molecule has 0 saturated carbocycles. The summed E-state index contributed by atoms with van der Waals surface area (Å²) in [7, 11) is 0. The van der Waals surface area contributed by atoms with Crippen molar-refractivity contribution in [3.63, 3.8) is 0 Å². The highest BCUT2D eigenvalue weighted by Gasteiger charge is 1.93. The fraction of sp³-hybridized carbons (Fsp3) is 0.909. The standard InChI is InChI=1S/C11H21NS/c1-2-4-6-8-12-9-11-13-10-7-5-3-1/h8H,1-7,9-11H2/b12-8-. The van der Waals surface area contributed by atoms with Crippen LogP contribution in [0.1, 0.15) is 44.9 Å². The maximum atomic E-state index is 4.39. The fourth-order valence-corrected chi connectivity index (χ4v) is 2.40. The number of hydrogen-bond acceptors (Lipinski definition) is 2. The number of hydrogen-bond donors (Lipinski definition) is 0. The molecule has 1 aliphatic rings. The van der Waals surface area contributed by atoms with Gasteiger partial charge in [-0.05, 0) is 31.2 Å². The molecule has 0 radical (unpaired) electrons. The molecule has 0 aromatic rings. The summed E-state index contributed by atoms with van der Waals surface area (Å²) >= 11 is 2.06. The van der Waals surface area contributed by atoms with E-state index in [9.17, 15) is 0 Å². The monoisotopic (exact) mass is 199 g/mol. The van der Waals surface area contributed by atoms with Crippen LogP contribution in [0.2, 0.25) is 0 Å². The summed E-state index contributed by atoms with van der Waals surface area (Å²) in [4.78, 5) is 4.39. The second-order valence-electron chi connectivity index (χ2n) is 3.61. The fourth-order valence-electron chi connectivity index (χ4n) is 1.55. The molecule has 1 nitrogen and oxygen atoms in total. The Morgan fingerprint density at radius 2 is 1.62 bits per heavy atom. The van der Waals surface area contributed by atoms with Crippen LogP contribution in [0.4, 0.5) is 0 Å². The van der Waals surface area contributed by atoms with Gasteiger partial charge in [-0.3, -0.25) is 4.99 Å². The van der Waals surface area contributed by atoms with E-state index in [1.807, 2.05) is 0 Å². The molecule has 0 aromatic carbocycles. The maximum absolute atomic E-state index is 4.39. The Labute approximate surface area is 86.4 Å². The summed E-state index contributed by atoms with van der Waals surface area (Å²) in [6.07, 6.45) is 11.8. The minimum absolute atomic E-state index is 1.03. The first-order valence-corrected chi connectivity index (χ1v) is 6.71. The third kappa shape index (κ3) is 7.12. The van der Waals surface area contributed by atoms with Gasteiger partial charge in [0.25, 0.3) is 0 Å². The van der Waals surface area contributed by atoms with Crippen molar-refractivity contribution in [2.75, 3.05) is 18.1 Å². The molecule has 0 bridgehead atoms. The van der Waals surface area contributed by atoms with E-state index in [0.29, 0.717) is 0 Å². The molecule has 0 fully saturated rings. The SMILES string of the molecule is C1=N\CCSCCCCCCCC/1. The van der Waals surface area contributed by atoms with Gasteiger partial charge >= 0.3 is 0 Å². The molecule has 0 unspecified atom stereocenters. The minimum atomic E-state index is 1.03. The average Bonchev–Trinajstić information content (AvgIpc) is 2.18. The highest BCUT2D eigenvalue weighted by Crippen LogP contribution is 2.10. The van der Waals surface area contributed by atoms with Gasteiger partial charge in [-0.25, -0.2) is 0 Å². The molecule has 0 aliphatic carbocycles. The Kier molecular flexibility index (Phi) is 7.35. The lowest BCUT2D eigenvalue weighted by Gasteiger charge is -1.99. The van der Waals surface area contributed by atoms with E-state index in [1.165, 1.54) is 56.5 Å². The highest BCUT2D eigenvalue weighted by atomic mass is 32.2. The van der Waals surface area contributed by atoms with Crippen LogP contribution in [-0.2, 0) is 0 Å². The largest absolute Gasteiger partial charge is 0.297 e. The van der Waals surface area contributed by atoms with Crippen LogP contribution in [0.5, 0.6) is 0 Å². The van der Waals surface area contributed by atoms with Gasteiger partial charge in [0.2, 0.25) is 0 Å². The lowest BCUT2D eigenvalue weighted by Crippen LogP contribution is -1.88. The Bertz CT molecular complexity index is 120. The zero-order chi connectivity index (χ0) is 9.19. The molecular formula is C11H21NS. The zero-order valence-electron chi connectivity index (χ0n) is 8.50. The van der Waals surface area contributed by atoms with Crippen molar-refractivity contribution < 1.29 is 0 Å². The summed E-state index contributed by atoms with van der Waals surface area (Å²) in [5.74, 6) is 2.56. The molecule has 0 aromatic heterocycles. The molecule has 76 valence electrons. The molecule has 0 amide bonds. The van der Waals surface area contributed by atoms with E-state index >= 15 is 0 Å². The van der Waals surface area contributed by atoms with E-state index in [2.05, 4.69) is 23.0 Å². The predicted molar refractivity (Wildman–Crippen MR) is 63.0 cm³/mol. The van der Waals surface area contributed by atoms with Crippen molar-refractivity contribution in [3.05, 3.63) is 0 Å². The van der Waals surface area contributed by atoms with E-state index in [1.54, 1.807) is 0 Å². The molecule has 0 N–H and O–H groups in total. The summed E-state index contributed by atoms with van der Waals surface area (Å²) in [6, 6.07) is 0. The molecule has 0 atom stereocenters. The first-order chi connectivity index (χ1) is 6.50. The van der Waals surface area contributed by atoms with E-state index < -0.39 is 0 Å². The third-order valence-electron chi connectivity index (χ3n) is 2.37. The topological polar surface area (TPSA) is 12.4 Å². The zero-order valence-corrected chi connectivity index (χ0v) is 9.32. The van der Waals surface area contributed by atoms with Crippen molar-refractivity contribution in [3.8, 4) is 0 Å². The molecule has 2 heteroatoms. The normalized spacial score (nSPS) is 25.2. The molecular weight excluding hydrogens is 178 g/mol. The Balaban J connectivity index is 2.09. The Morgan fingerprint density at radius 1 is 0.846 bits per heavy atom. The number of aliphatic imine (C=N–C) groups is 1. The molecule has 0 saturated heterocycles. The summed E-state index contributed by atoms with van der Waals surface area (Å²) in [5.41, 5.74) is 0. The van der Waals surface area contributed by atoms with E-state index in [-0.39, 0.29) is 0 Å². The molecule has 1 heterocycles. The second-order valence-corrected chi connectivity index (χ2v) is 4.84. The van der Waals surface area contributed by atoms with Crippen molar-refractivity contribution in [1.82, 2.24) is 0 Å². The lowest BCUT2D eigenvalue weighted by atomic mass is 10.1. The van der Waals surface area contributed by atoms with Crippen LogP contribution in [0.25, 0.3) is 0 Å². The first kappa shape index (κ1) is 11.1. The van der Waals surface area contributed by atoms with Gasteiger partial charge in [0.15, 0.2) is 0 Å².